The molecule has 1 N–H and O–H groups in total. The van der Waals surface area contributed by atoms with E-state index in [9.17, 15) is 10.1 Å². The molecule has 1 aromatic rings. The van der Waals surface area contributed by atoms with Crippen LogP contribution in [0.3, 0.4) is 0 Å². The molecule has 0 saturated carbocycles. The van der Waals surface area contributed by atoms with Crippen molar-refractivity contribution in [3.05, 3.63) is 22.1 Å². The normalized spacial score (nSPS) is 19.8. The van der Waals surface area contributed by atoms with Gasteiger partial charge in [-0.15, -0.1) is 0 Å². The fourth-order valence-corrected chi connectivity index (χ4v) is 3.10. The van der Waals surface area contributed by atoms with Gasteiger partial charge >= 0.3 is 5.82 Å². The number of likely N-dealkylation sites (tertiary alicyclic amines) is 1. The first-order valence-electron chi connectivity index (χ1n) is 7.68. The van der Waals surface area contributed by atoms with Gasteiger partial charge in [0.2, 0.25) is 0 Å². The Morgan fingerprint density at radius 1 is 1.48 bits per heavy atom. The standard InChI is InChI=1S/C14H25N5O2/c1-12-16-11-14(19(20)21)18(12)10-9-17-8-4-3-5-13(17)6-7-15-2/h11,13,15H,3-10H2,1-2H3. The van der Waals surface area contributed by atoms with Gasteiger partial charge in [0.15, 0.2) is 5.82 Å². The van der Waals surface area contributed by atoms with Crippen molar-refractivity contribution in [1.82, 2.24) is 19.8 Å². The van der Waals surface area contributed by atoms with E-state index in [1.54, 1.807) is 4.57 Å². The van der Waals surface area contributed by atoms with Crippen molar-refractivity contribution in [2.45, 2.75) is 45.2 Å². The molecule has 0 amide bonds. The summed E-state index contributed by atoms with van der Waals surface area (Å²) in [5.74, 6) is 0.807. The molecule has 0 bridgehead atoms. The summed E-state index contributed by atoms with van der Waals surface area (Å²) >= 11 is 0. The van der Waals surface area contributed by atoms with Gasteiger partial charge < -0.3 is 15.4 Å². The molecule has 0 aromatic carbocycles. The second kappa shape index (κ2) is 7.51. The second-order valence-corrected chi connectivity index (χ2v) is 5.65. The minimum atomic E-state index is -0.352. The largest absolute Gasteiger partial charge is 0.358 e. The summed E-state index contributed by atoms with van der Waals surface area (Å²) in [6, 6.07) is 0.592. The van der Waals surface area contributed by atoms with Crippen LogP contribution in [0.5, 0.6) is 0 Å². The molecule has 1 aliphatic rings. The Balaban J connectivity index is 1.97. The Labute approximate surface area is 125 Å². The Morgan fingerprint density at radius 3 is 3.00 bits per heavy atom. The summed E-state index contributed by atoms with van der Waals surface area (Å²) in [4.78, 5) is 17.2. The number of imidazole rings is 1. The van der Waals surface area contributed by atoms with Crippen LogP contribution in [0.2, 0.25) is 0 Å². The minimum absolute atomic E-state index is 0.0938. The number of nitro groups is 1. The molecule has 1 aromatic heterocycles. The first-order valence-corrected chi connectivity index (χ1v) is 7.68. The third-order valence-electron chi connectivity index (χ3n) is 4.31. The van der Waals surface area contributed by atoms with E-state index < -0.39 is 0 Å². The van der Waals surface area contributed by atoms with Gasteiger partial charge in [-0.05, 0) is 44.3 Å². The molecular weight excluding hydrogens is 270 g/mol. The van der Waals surface area contributed by atoms with E-state index >= 15 is 0 Å². The topological polar surface area (TPSA) is 76.2 Å². The molecule has 2 heterocycles. The lowest BCUT2D eigenvalue weighted by molar-refractivity contribution is -0.392. The lowest BCUT2D eigenvalue weighted by Gasteiger charge is -2.35. The number of aryl methyl sites for hydroxylation is 1. The molecule has 0 radical (unpaired) electrons. The van der Waals surface area contributed by atoms with E-state index in [1.165, 1.54) is 25.5 Å². The highest BCUT2D eigenvalue weighted by molar-refractivity contribution is 5.18. The van der Waals surface area contributed by atoms with Crippen molar-refractivity contribution >= 4 is 5.82 Å². The third kappa shape index (κ3) is 4.01. The quantitative estimate of drug-likeness (QED) is 0.610. The van der Waals surface area contributed by atoms with Crippen LogP contribution in [0.1, 0.15) is 31.5 Å². The molecule has 1 unspecified atom stereocenters. The molecule has 1 atom stereocenters. The van der Waals surface area contributed by atoms with Crippen LogP contribution in [0.15, 0.2) is 6.20 Å². The van der Waals surface area contributed by atoms with Gasteiger partial charge in [0.05, 0.1) is 0 Å². The zero-order chi connectivity index (χ0) is 15.2. The molecule has 118 valence electrons. The lowest BCUT2D eigenvalue weighted by Crippen LogP contribution is -2.42. The number of hydrogen-bond donors (Lipinski definition) is 1. The maximum absolute atomic E-state index is 11.0. The molecular formula is C14H25N5O2. The van der Waals surface area contributed by atoms with E-state index in [0.29, 0.717) is 18.4 Å². The van der Waals surface area contributed by atoms with Crippen LogP contribution in [-0.4, -0.2) is 52.1 Å². The molecule has 1 saturated heterocycles. The van der Waals surface area contributed by atoms with Crippen LogP contribution in [0, 0.1) is 17.0 Å². The Morgan fingerprint density at radius 2 is 2.29 bits per heavy atom. The predicted octanol–water partition coefficient (Wildman–Crippen LogP) is 1.56. The number of nitrogens with zero attached hydrogens (tertiary/aromatic N) is 4. The van der Waals surface area contributed by atoms with Crippen molar-refractivity contribution in [3.63, 3.8) is 0 Å². The lowest BCUT2D eigenvalue weighted by atomic mass is 9.99. The predicted molar refractivity (Wildman–Crippen MR) is 81.4 cm³/mol. The van der Waals surface area contributed by atoms with Crippen molar-refractivity contribution in [3.8, 4) is 0 Å². The Bertz CT molecular complexity index is 474. The highest BCUT2D eigenvalue weighted by atomic mass is 16.6. The van der Waals surface area contributed by atoms with Crippen molar-refractivity contribution in [1.29, 1.82) is 0 Å². The van der Waals surface area contributed by atoms with Crippen molar-refractivity contribution in [2.75, 3.05) is 26.7 Å². The fraction of sp³-hybridized carbons (Fsp3) is 0.786. The monoisotopic (exact) mass is 295 g/mol. The van der Waals surface area contributed by atoms with Gasteiger partial charge in [0.25, 0.3) is 0 Å². The zero-order valence-corrected chi connectivity index (χ0v) is 12.9. The molecule has 1 aliphatic heterocycles. The Kier molecular flexibility index (Phi) is 5.69. The second-order valence-electron chi connectivity index (χ2n) is 5.65. The molecule has 7 nitrogen and oxygen atoms in total. The van der Waals surface area contributed by atoms with Gasteiger partial charge in [-0.3, -0.25) is 4.90 Å². The van der Waals surface area contributed by atoms with Gasteiger partial charge in [0.1, 0.15) is 12.7 Å². The number of aromatic nitrogens is 2. The molecule has 0 aliphatic carbocycles. The first-order chi connectivity index (χ1) is 10.1. The van der Waals surface area contributed by atoms with Crippen LogP contribution >= 0.6 is 0 Å². The summed E-state index contributed by atoms with van der Waals surface area (Å²) in [7, 11) is 1.98. The van der Waals surface area contributed by atoms with Gasteiger partial charge in [0, 0.05) is 19.5 Å². The number of piperidine rings is 1. The van der Waals surface area contributed by atoms with E-state index in [2.05, 4.69) is 15.2 Å². The van der Waals surface area contributed by atoms with Crippen LogP contribution in [-0.2, 0) is 6.54 Å². The summed E-state index contributed by atoms with van der Waals surface area (Å²) in [5, 5.41) is 14.2. The van der Waals surface area contributed by atoms with E-state index in [0.717, 1.165) is 26.1 Å². The van der Waals surface area contributed by atoms with Gasteiger partial charge in [-0.25, -0.2) is 9.55 Å². The van der Waals surface area contributed by atoms with E-state index in [-0.39, 0.29) is 10.7 Å². The summed E-state index contributed by atoms with van der Waals surface area (Å²) < 4.78 is 1.71. The Hall–Kier alpha value is -1.47. The van der Waals surface area contributed by atoms with Gasteiger partial charge in [-0.2, -0.15) is 0 Å². The minimum Gasteiger partial charge on any atom is -0.358 e. The average molecular weight is 295 g/mol. The SMILES string of the molecule is CNCCC1CCCCN1CCn1c([N+](=O)[O-])cnc1C. The molecule has 2 rings (SSSR count). The molecule has 1 fully saturated rings. The maximum Gasteiger partial charge on any atom is 0.342 e. The van der Waals surface area contributed by atoms with Crippen LogP contribution in [0.4, 0.5) is 5.82 Å². The molecule has 0 spiro atoms. The van der Waals surface area contributed by atoms with Crippen molar-refractivity contribution in [2.24, 2.45) is 0 Å². The number of rotatable bonds is 7. The molecule has 7 heteroatoms. The highest BCUT2D eigenvalue weighted by Crippen LogP contribution is 2.20. The first kappa shape index (κ1) is 15.9. The number of hydrogen-bond acceptors (Lipinski definition) is 5. The average Bonchev–Trinajstić information content (AvgIpc) is 2.85. The summed E-state index contributed by atoms with van der Waals surface area (Å²) in [6.07, 6.45) is 6.23. The maximum atomic E-state index is 11.0. The van der Waals surface area contributed by atoms with E-state index in [1.807, 2.05) is 14.0 Å². The van der Waals surface area contributed by atoms with E-state index in [4.69, 9.17) is 0 Å². The summed E-state index contributed by atoms with van der Waals surface area (Å²) in [6.45, 7) is 5.42. The molecule has 21 heavy (non-hydrogen) atoms. The number of nitrogens with one attached hydrogen (secondary N) is 1. The van der Waals surface area contributed by atoms with Gasteiger partial charge in [-0.1, -0.05) is 6.42 Å². The van der Waals surface area contributed by atoms with Crippen molar-refractivity contribution < 1.29 is 4.92 Å². The van der Waals surface area contributed by atoms with Crippen LogP contribution in [0.25, 0.3) is 0 Å². The highest BCUT2D eigenvalue weighted by Gasteiger charge is 2.24. The summed E-state index contributed by atoms with van der Waals surface area (Å²) in [5.41, 5.74) is 0. The zero-order valence-electron chi connectivity index (χ0n) is 12.9. The third-order valence-corrected chi connectivity index (χ3v) is 4.31. The fourth-order valence-electron chi connectivity index (χ4n) is 3.10. The van der Waals surface area contributed by atoms with Crippen LogP contribution < -0.4 is 5.32 Å². The smallest absolute Gasteiger partial charge is 0.342 e.